The van der Waals surface area contributed by atoms with Gasteiger partial charge in [0.25, 0.3) is 5.91 Å². The van der Waals surface area contributed by atoms with E-state index in [0.29, 0.717) is 11.6 Å². The minimum Gasteiger partial charge on any atom is -0.467 e. The second-order valence-electron chi connectivity index (χ2n) is 6.27. The first kappa shape index (κ1) is 16.9. The number of ether oxygens (including phenoxy) is 1. The molecule has 0 radical (unpaired) electrons. The number of benzene rings is 1. The van der Waals surface area contributed by atoms with Gasteiger partial charge in [-0.05, 0) is 49.4 Å². The Labute approximate surface area is 154 Å². The van der Waals surface area contributed by atoms with Crippen molar-refractivity contribution in [2.24, 2.45) is 0 Å². The first-order chi connectivity index (χ1) is 12.7. The van der Waals surface area contributed by atoms with Crippen molar-refractivity contribution in [2.45, 2.75) is 32.1 Å². The molecule has 0 saturated heterocycles. The Morgan fingerprint density at radius 1 is 1.23 bits per heavy atom. The van der Waals surface area contributed by atoms with Crippen LogP contribution >= 0.6 is 11.3 Å². The smallest absolute Gasteiger partial charge is 0.262 e. The van der Waals surface area contributed by atoms with Crippen LogP contribution in [0.3, 0.4) is 0 Å². The van der Waals surface area contributed by atoms with Crippen LogP contribution in [0.4, 0.5) is 10.1 Å². The number of halogens is 1. The van der Waals surface area contributed by atoms with E-state index in [9.17, 15) is 9.18 Å². The predicted molar refractivity (Wildman–Crippen MR) is 99.2 cm³/mol. The number of hydrogen-bond acceptors (Lipinski definition) is 5. The molecule has 0 atom stereocenters. The number of fused-ring (bicyclic) bond motifs is 3. The Morgan fingerprint density at radius 3 is 3.00 bits per heavy atom. The molecule has 0 fully saturated rings. The zero-order valence-corrected chi connectivity index (χ0v) is 14.9. The third kappa shape index (κ3) is 3.53. The van der Waals surface area contributed by atoms with Crippen LogP contribution in [0.2, 0.25) is 0 Å². The van der Waals surface area contributed by atoms with Gasteiger partial charge in [-0.1, -0.05) is 12.5 Å². The molecule has 26 heavy (non-hydrogen) atoms. The van der Waals surface area contributed by atoms with Gasteiger partial charge >= 0.3 is 0 Å². The normalized spacial score (nSPS) is 13.9. The number of carbonyl (C=O) groups excluding carboxylic acids is 1. The lowest BCUT2D eigenvalue weighted by atomic mass is 10.1. The summed E-state index contributed by atoms with van der Waals surface area (Å²) in [6, 6.07) is 5.76. The number of hydrogen-bond donors (Lipinski definition) is 1. The Balaban J connectivity index is 1.52. The van der Waals surface area contributed by atoms with Gasteiger partial charge in [-0.2, -0.15) is 0 Å². The van der Waals surface area contributed by atoms with Gasteiger partial charge in [0.1, 0.15) is 17.0 Å². The molecule has 4 rings (SSSR count). The Bertz CT molecular complexity index is 957. The molecule has 134 valence electrons. The topological polar surface area (TPSA) is 64.1 Å². The maximum Gasteiger partial charge on any atom is 0.262 e. The molecule has 1 amide bonds. The monoisotopic (exact) mass is 371 g/mol. The van der Waals surface area contributed by atoms with Gasteiger partial charge in [-0.3, -0.25) is 4.79 Å². The minimum absolute atomic E-state index is 0.187. The SMILES string of the molecule is O=C(COc1ncnc2sc3c(c12)CCCCC3)Nc1cccc(F)c1. The Morgan fingerprint density at radius 2 is 2.12 bits per heavy atom. The fourth-order valence-electron chi connectivity index (χ4n) is 3.24. The molecule has 0 unspecified atom stereocenters. The summed E-state index contributed by atoms with van der Waals surface area (Å²) in [5.74, 6) is -0.310. The van der Waals surface area contributed by atoms with Gasteiger partial charge in [0, 0.05) is 10.6 Å². The van der Waals surface area contributed by atoms with Crippen LogP contribution in [-0.4, -0.2) is 22.5 Å². The van der Waals surface area contributed by atoms with E-state index in [1.807, 2.05) is 0 Å². The van der Waals surface area contributed by atoms with Gasteiger partial charge in [-0.15, -0.1) is 11.3 Å². The second-order valence-corrected chi connectivity index (χ2v) is 7.35. The van der Waals surface area contributed by atoms with Crippen molar-refractivity contribution >= 4 is 33.1 Å². The van der Waals surface area contributed by atoms with Crippen LogP contribution in [0.15, 0.2) is 30.6 Å². The maximum absolute atomic E-state index is 13.2. The quantitative estimate of drug-likeness (QED) is 0.701. The van der Waals surface area contributed by atoms with Crippen molar-refractivity contribution in [3.8, 4) is 5.88 Å². The number of nitrogens with zero attached hydrogens (tertiary/aromatic N) is 2. The molecule has 0 spiro atoms. The van der Waals surface area contributed by atoms with Crippen LogP contribution in [0.5, 0.6) is 5.88 Å². The lowest BCUT2D eigenvalue weighted by Gasteiger charge is -2.08. The molecule has 7 heteroatoms. The fourth-order valence-corrected chi connectivity index (χ4v) is 4.46. The molecular weight excluding hydrogens is 353 g/mol. The van der Waals surface area contributed by atoms with E-state index in [1.54, 1.807) is 23.5 Å². The number of rotatable bonds is 4. The molecule has 5 nitrogen and oxygen atoms in total. The van der Waals surface area contributed by atoms with E-state index >= 15 is 0 Å². The fraction of sp³-hybridized carbons (Fsp3) is 0.316. The summed E-state index contributed by atoms with van der Waals surface area (Å²) in [7, 11) is 0. The van der Waals surface area contributed by atoms with E-state index in [1.165, 1.54) is 41.7 Å². The molecule has 0 saturated carbocycles. The van der Waals surface area contributed by atoms with Crippen molar-refractivity contribution in [1.29, 1.82) is 0 Å². The van der Waals surface area contributed by atoms with Crippen molar-refractivity contribution in [3.63, 3.8) is 0 Å². The van der Waals surface area contributed by atoms with Gasteiger partial charge in [-0.25, -0.2) is 14.4 Å². The lowest BCUT2D eigenvalue weighted by Crippen LogP contribution is -2.20. The summed E-state index contributed by atoms with van der Waals surface area (Å²) >= 11 is 1.69. The number of thiophene rings is 1. The number of anilines is 1. The van der Waals surface area contributed by atoms with Crippen LogP contribution in [0, 0.1) is 5.82 Å². The third-order valence-corrected chi connectivity index (χ3v) is 5.61. The average Bonchev–Trinajstić information content (AvgIpc) is 2.82. The highest BCUT2D eigenvalue weighted by molar-refractivity contribution is 7.18. The number of aryl methyl sites for hydroxylation is 2. The number of carbonyl (C=O) groups is 1. The third-order valence-electron chi connectivity index (χ3n) is 4.41. The van der Waals surface area contributed by atoms with E-state index in [4.69, 9.17) is 4.74 Å². The zero-order valence-electron chi connectivity index (χ0n) is 14.1. The van der Waals surface area contributed by atoms with Crippen molar-refractivity contribution in [1.82, 2.24) is 9.97 Å². The Kier molecular flexibility index (Phi) is 4.79. The van der Waals surface area contributed by atoms with E-state index in [2.05, 4.69) is 15.3 Å². The Hall–Kier alpha value is -2.54. The number of nitrogens with one attached hydrogen (secondary N) is 1. The zero-order chi connectivity index (χ0) is 17.9. The lowest BCUT2D eigenvalue weighted by molar-refractivity contribution is -0.118. The summed E-state index contributed by atoms with van der Waals surface area (Å²) in [6.07, 6.45) is 7.10. The molecular formula is C19H18FN3O2S. The number of aromatic nitrogens is 2. The average molecular weight is 371 g/mol. The molecule has 0 bridgehead atoms. The van der Waals surface area contributed by atoms with Gasteiger partial charge in [0.05, 0.1) is 5.39 Å². The first-order valence-electron chi connectivity index (χ1n) is 8.64. The van der Waals surface area contributed by atoms with Crippen molar-refractivity contribution in [3.05, 3.63) is 46.9 Å². The predicted octanol–water partition coefficient (Wildman–Crippen LogP) is 4.12. The number of amides is 1. The van der Waals surface area contributed by atoms with E-state index in [-0.39, 0.29) is 12.5 Å². The summed E-state index contributed by atoms with van der Waals surface area (Å²) in [6.45, 7) is -0.187. The van der Waals surface area contributed by atoms with Crippen LogP contribution in [-0.2, 0) is 17.6 Å². The first-order valence-corrected chi connectivity index (χ1v) is 9.46. The molecule has 1 aliphatic rings. The van der Waals surface area contributed by atoms with Gasteiger partial charge in [0.2, 0.25) is 5.88 Å². The van der Waals surface area contributed by atoms with Crippen LogP contribution < -0.4 is 10.1 Å². The van der Waals surface area contributed by atoms with E-state index < -0.39 is 5.82 Å². The van der Waals surface area contributed by atoms with Crippen molar-refractivity contribution < 1.29 is 13.9 Å². The second kappa shape index (κ2) is 7.37. The molecule has 2 heterocycles. The molecule has 1 aromatic carbocycles. The summed E-state index contributed by atoms with van der Waals surface area (Å²) < 4.78 is 18.9. The molecule has 1 N–H and O–H groups in total. The molecule has 1 aliphatic carbocycles. The minimum atomic E-state index is -0.401. The van der Waals surface area contributed by atoms with Gasteiger partial charge < -0.3 is 10.1 Å². The highest BCUT2D eigenvalue weighted by Crippen LogP contribution is 2.38. The van der Waals surface area contributed by atoms with E-state index in [0.717, 1.165) is 29.5 Å². The van der Waals surface area contributed by atoms with Crippen LogP contribution in [0.1, 0.15) is 29.7 Å². The van der Waals surface area contributed by atoms with Crippen molar-refractivity contribution in [2.75, 3.05) is 11.9 Å². The highest BCUT2D eigenvalue weighted by Gasteiger charge is 2.20. The summed E-state index contributed by atoms with van der Waals surface area (Å²) in [5.41, 5.74) is 1.67. The maximum atomic E-state index is 13.2. The molecule has 2 aromatic heterocycles. The molecule has 0 aliphatic heterocycles. The molecule has 3 aromatic rings. The largest absolute Gasteiger partial charge is 0.467 e. The summed E-state index contributed by atoms with van der Waals surface area (Å²) in [5, 5.41) is 3.56. The highest BCUT2D eigenvalue weighted by atomic mass is 32.1. The van der Waals surface area contributed by atoms with Gasteiger partial charge in [0.15, 0.2) is 6.61 Å². The summed E-state index contributed by atoms with van der Waals surface area (Å²) in [4.78, 5) is 23.0. The standard InChI is InChI=1S/C19H18FN3O2S/c20-12-5-4-6-13(9-12)23-16(24)10-25-18-17-14-7-2-1-3-8-15(14)26-19(17)22-11-21-18/h4-6,9,11H,1-3,7-8,10H2,(H,23,24). The van der Waals surface area contributed by atoms with Crippen LogP contribution in [0.25, 0.3) is 10.2 Å².